The van der Waals surface area contributed by atoms with E-state index in [9.17, 15) is 8.42 Å². The van der Waals surface area contributed by atoms with Crippen LogP contribution in [0, 0.1) is 0 Å². The van der Waals surface area contributed by atoms with Gasteiger partial charge in [-0.1, -0.05) is 6.92 Å². The maximum absolute atomic E-state index is 11.7. The smallest absolute Gasteiger partial charge is 0.211 e. The van der Waals surface area contributed by atoms with Gasteiger partial charge < -0.3 is 5.32 Å². The third-order valence-corrected chi connectivity index (χ3v) is 4.29. The van der Waals surface area contributed by atoms with E-state index in [-0.39, 0.29) is 5.75 Å². The van der Waals surface area contributed by atoms with E-state index in [0.29, 0.717) is 25.8 Å². The van der Waals surface area contributed by atoms with Crippen molar-refractivity contribution >= 4 is 10.0 Å². The summed E-state index contributed by atoms with van der Waals surface area (Å²) in [5.41, 5.74) is 0. The number of nitrogens with zero attached hydrogens (tertiary/aromatic N) is 2. The molecule has 7 nitrogen and oxygen atoms in total. The van der Waals surface area contributed by atoms with E-state index >= 15 is 0 Å². The molecule has 0 spiro atoms. The van der Waals surface area contributed by atoms with E-state index in [1.54, 1.807) is 0 Å². The number of unbranched alkanes of at least 4 members (excludes halogenated alkanes) is 1. The van der Waals surface area contributed by atoms with E-state index in [0.717, 1.165) is 31.8 Å². The molecule has 0 amide bonds. The molecule has 116 valence electrons. The summed E-state index contributed by atoms with van der Waals surface area (Å²) in [4.78, 5) is 3.98. The lowest BCUT2D eigenvalue weighted by molar-refractivity contribution is 0.570. The van der Waals surface area contributed by atoms with Crippen molar-refractivity contribution in [3.05, 3.63) is 12.2 Å². The fourth-order valence-electron chi connectivity index (χ4n) is 1.75. The van der Waals surface area contributed by atoms with Crippen molar-refractivity contribution in [3.63, 3.8) is 0 Å². The number of hydrogen-bond acceptors (Lipinski definition) is 5. The summed E-state index contributed by atoms with van der Waals surface area (Å²) in [6.07, 6.45) is 5.54. The molecule has 20 heavy (non-hydrogen) atoms. The molecule has 0 bridgehead atoms. The first-order valence-corrected chi connectivity index (χ1v) is 8.81. The Bertz CT molecular complexity index is 433. The number of hydrogen-bond donors (Lipinski definition) is 3. The van der Waals surface area contributed by atoms with Gasteiger partial charge in [0.05, 0.1) is 5.75 Å². The summed E-state index contributed by atoms with van der Waals surface area (Å²) in [7, 11) is -3.14. The molecule has 0 fully saturated rings. The predicted octanol–water partition coefficient (Wildman–Crippen LogP) is 0.437. The quantitative estimate of drug-likeness (QED) is 0.486. The van der Waals surface area contributed by atoms with Crippen LogP contribution in [0.5, 0.6) is 0 Å². The number of aromatic amines is 1. The van der Waals surface area contributed by atoms with Crippen LogP contribution in [0.1, 0.15) is 38.4 Å². The molecule has 3 N–H and O–H groups in total. The number of rotatable bonds is 12. The lowest BCUT2D eigenvalue weighted by Crippen LogP contribution is -2.28. The zero-order valence-electron chi connectivity index (χ0n) is 12.1. The minimum absolute atomic E-state index is 0.198. The number of H-pyrrole nitrogens is 1. The monoisotopic (exact) mass is 303 g/mol. The Morgan fingerprint density at radius 3 is 2.75 bits per heavy atom. The Morgan fingerprint density at radius 2 is 2.05 bits per heavy atom. The van der Waals surface area contributed by atoms with Gasteiger partial charge in [-0.2, -0.15) is 5.10 Å². The summed E-state index contributed by atoms with van der Waals surface area (Å²) in [5, 5.41) is 9.75. The van der Waals surface area contributed by atoms with Crippen LogP contribution < -0.4 is 10.0 Å². The Kier molecular flexibility index (Phi) is 8.40. The normalized spacial score (nSPS) is 11.8. The summed E-state index contributed by atoms with van der Waals surface area (Å²) in [6.45, 7) is 4.43. The highest BCUT2D eigenvalue weighted by Gasteiger charge is 2.08. The molecule has 0 aliphatic rings. The summed E-state index contributed by atoms with van der Waals surface area (Å²) >= 11 is 0. The lowest BCUT2D eigenvalue weighted by atomic mass is 10.3. The second-order valence-electron chi connectivity index (χ2n) is 4.71. The summed E-state index contributed by atoms with van der Waals surface area (Å²) < 4.78 is 26.0. The average Bonchev–Trinajstić information content (AvgIpc) is 2.92. The van der Waals surface area contributed by atoms with Gasteiger partial charge >= 0.3 is 0 Å². The van der Waals surface area contributed by atoms with Gasteiger partial charge in [-0.25, -0.2) is 18.1 Å². The fourth-order valence-corrected chi connectivity index (χ4v) is 2.93. The highest BCUT2D eigenvalue weighted by atomic mass is 32.2. The molecule has 0 aliphatic heterocycles. The van der Waals surface area contributed by atoms with Crippen molar-refractivity contribution in [3.8, 4) is 0 Å². The molecule has 0 saturated heterocycles. The van der Waals surface area contributed by atoms with Crippen LogP contribution >= 0.6 is 0 Å². The molecule has 1 aromatic rings. The molecule has 0 unspecified atom stereocenters. The third kappa shape index (κ3) is 8.23. The highest BCUT2D eigenvalue weighted by molar-refractivity contribution is 7.89. The Hall–Kier alpha value is -0.990. The zero-order valence-corrected chi connectivity index (χ0v) is 12.9. The summed E-state index contributed by atoms with van der Waals surface area (Å²) in [5.74, 6) is 0.981. The molecule has 0 radical (unpaired) electrons. The Balaban J connectivity index is 2.03. The van der Waals surface area contributed by atoms with Gasteiger partial charge in [0.2, 0.25) is 10.0 Å². The molecule has 1 aromatic heterocycles. The van der Waals surface area contributed by atoms with Gasteiger partial charge in [-0.15, -0.1) is 0 Å². The molecular formula is C12H25N5O2S. The predicted molar refractivity (Wildman–Crippen MR) is 78.9 cm³/mol. The fraction of sp³-hybridized carbons (Fsp3) is 0.833. The maximum Gasteiger partial charge on any atom is 0.211 e. The number of nitrogens with one attached hydrogen (secondary N) is 3. The van der Waals surface area contributed by atoms with Gasteiger partial charge in [0.1, 0.15) is 12.2 Å². The van der Waals surface area contributed by atoms with Crippen LogP contribution in [0.4, 0.5) is 0 Å². The first-order valence-electron chi connectivity index (χ1n) is 7.16. The van der Waals surface area contributed by atoms with Crippen molar-refractivity contribution in [2.75, 3.05) is 25.4 Å². The first-order chi connectivity index (χ1) is 9.64. The largest absolute Gasteiger partial charge is 0.317 e. The van der Waals surface area contributed by atoms with Gasteiger partial charge in [0.25, 0.3) is 0 Å². The van der Waals surface area contributed by atoms with Crippen molar-refractivity contribution in [2.45, 2.75) is 39.0 Å². The van der Waals surface area contributed by atoms with Crippen LogP contribution in [-0.2, 0) is 16.4 Å². The van der Waals surface area contributed by atoms with Crippen molar-refractivity contribution in [2.24, 2.45) is 0 Å². The van der Waals surface area contributed by atoms with E-state index in [1.165, 1.54) is 6.33 Å². The van der Waals surface area contributed by atoms with Crippen LogP contribution in [-0.4, -0.2) is 49.0 Å². The minimum Gasteiger partial charge on any atom is -0.317 e. The zero-order chi connectivity index (χ0) is 14.7. The molecule has 8 heteroatoms. The molecular weight excluding hydrogens is 278 g/mol. The molecule has 1 rings (SSSR count). The van der Waals surface area contributed by atoms with Gasteiger partial charge in [-0.05, 0) is 38.8 Å². The van der Waals surface area contributed by atoms with Crippen LogP contribution in [0.15, 0.2) is 6.33 Å². The Morgan fingerprint density at radius 1 is 1.20 bits per heavy atom. The molecule has 0 aliphatic carbocycles. The Labute approximate surface area is 121 Å². The number of sulfonamides is 1. The van der Waals surface area contributed by atoms with Crippen LogP contribution in [0.3, 0.4) is 0 Å². The third-order valence-electron chi connectivity index (χ3n) is 2.82. The molecule has 0 saturated carbocycles. The lowest BCUT2D eigenvalue weighted by Gasteiger charge is -2.06. The van der Waals surface area contributed by atoms with Crippen molar-refractivity contribution in [1.29, 1.82) is 0 Å². The minimum atomic E-state index is -3.14. The van der Waals surface area contributed by atoms with E-state index < -0.39 is 10.0 Å². The highest BCUT2D eigenvalue weighted by Crippen LogP contribution is 1.96. The van der Waals surface area contributed by atoms with Crippen molar-refractivity contribution in [1.82, 2.24) is 25.2 Å². The van der Waals surface area contributed by atoms with Gasteiger partial charge in [0.15, 0.2) is 0 Å². The van der Waals surface area contributed by atoms with E-state index in [4.69, 9.17) is 0 Å². The second-order valence-corrected chi connectivity index (χ2v) is 6.63. The van der Waals surface area contributed by atoms with Crippen LogP contribution in [0.2, 0.25) is 0 Å². The average molecular weight is 303 g/mol. The van der Waals surface area contributed by atoms with E-state index in [1.807, 2.05) is 0 Å². The van der Waals surface area contributed by atoms with Gasteiger partial charge in [-0.3, -0.25) is 5.10 Å². The number of aromatic nitrogens is 3. The number of aryl methyl sites for hydroxylation is 1. The van der Waals surface area contributed by atoms with Crippen molar-refractivity contribution < 1.29 is 8.42 Å². The van der Waals surface area contributed by atoms with E-state index in [2.05, 4.69) is 32.1 Å². The second kappa shape index (κ2) is 9.84. The maximum atomic E-state index is 11.7. The molecule has 0 atom stereocenters. The van der Waals surface area contributed by atoms with Crippen LogP contribution in [0.25, 0.3) is 0 Å². The SMILES string of the molecule is CCCNCCCCS(=O)(=O)NCCCc1ncn[nH]1. The topological polar surface area (TPSA) is 99.8 Å². The standard InChI is InChI=1S/C12H25N5O2S/c1-2-7-13-8-3-4-10-20(18,19)16-9-5-6-12-14-11-15-17-12/h11,13,16H,2-10H2,1H3,(H,14,15,17). The first kappa shape index (κ1) is 17.1. The summed E-state index contributed by atoms with van der Waals surface area (Å²) in [6, 6.07) is 0. The molecule has 1 heterocycles. The van der Waals surface area contributed by atoms with Gasteiger partial charge in [0, 0.05) is 13.0 Å². The molecule has 0 aromatic carbocycles.